The van der Waals surface area contributed by atoms with Gasteiger partial charge in [0.25, 0.3) is 0 Å². The average molecular weight is 273 g/mol. The molecule has 0 bridgehead atoms. The maximum atomic E-state index is 11.2. The molecule has 1 heterocycles. The van der Waals surface area contributed by atoms with Gasteiger partial charge in [-0.15, -0.1) is 0 Å². The van der Waals surface area contributed by atoms with Crippen molar-refractivity contribution in [1.29, 1.82) is 0 Å². The third-order valence-electron chi connectivity index (χ3n) is 3.39. The van der Waals surface area contributed by atoms with E-state index in [9.17, 15) is 5.11 Å². The van der Waals surface area contributed by atoms with Crippen LogP contribution >= 0.6 is 11.6 Å². The number of hydrogen-bond acceptors (Lipinski definition) is 3. The highest BCUT2D eigenvalue weighted by Crippen LogP contribution is 2.41. The Balaban J connectivity index is 2.26. The topological polar surface area (TPSA) is 35.8 Å². The Labute approximate surface area is 116 Å². The fourth-order valence-electron chi connectivity index (χ4n) is 2.35. The zero-order valence-corrected chi connectivity index (χ0v) is 11.2. The van der Waals surface area contributed by atoms with E-state index < -0.39 is 5.72 Å². The smallest absolute Gasteiger partial charge is 0.194 e. The van der Waals surface area contributed by atoms with Crippen LogP contribution in [-0.2, 0) is 5.72 Å². The molecule has 0 saturated heterocycles. The second-order valence-electron chi connectivity index (χ2n) is 4.56. The number of benzene rings is 2. The Bertz CT molecular complexity index is 642. The minimum atomic E-state index is -1.25. The number of fused-ring (bicyclic) bond motifs is 1. The Hall–Kier alpha value is -1.84. The van der Waals surface area contributed by atoms with E-state index in [4.69, 9.17) is 11.6 Å². The second-order valence-corrected chi connectivity index (χ2v) is 4.99. The van der Waals surface area contributed by atoms with E-state index in [0.717, 1.165) is 11.3 Å². The minimum absolute atomic E-state index is 0.582. The van der Waals surface area contributed by atoms with Crippen molar-refractivity contribution in [3.05, 3.63) is 64.7 Å². The first-order chi connectivity index (χ1) is 9.12. The van der Waals surface area contributed by atoms with Gasteiger partial charge in [0.05, 0.1) is 12.0 Å². The first-order valence-corrected chi connectivity index (χ1v) is 6.35. The highest BCUT2D eigenvalue weighted by molar-refractivity contribution is 6.30. The molecule has 0 amide bonds. The second kappa shape index (κ2) is 4.37. The van der Waals surface area contributed by atoms with Gasteiger partial charge in [-0.1, -0.05) is 41.9 Å². The first kappa shape index (κ1) is 12.2. The summed E-state index contributed by atoms with van der Waals surface area (Å²) < 4.78 is 0. The molecule has 3 rings (SSSR count). The third kappa shape index (κ3) is 1.82. The lowest BCUT2D eigenvalue weighted by atomic mass is 9.91. The molecule has 2 aromatic carbocycles. The van der Waals surface area contributed by atoms with E-state index in [1.165, 1.54) is 0 Å². The van der Waals surface area contributed by atoms with Gasteiger partial charge in [0, 0.05) is 23.2 Å². The summed E-state index contributed by atoms with van der Waals surface area (Å²) in [5, 5.41) is 11.7. The van der Waals surface area contributed by atoms with Crippen LogP contribution in [0, 0.1) is 0 Å². The molecule has 1 aliphatic rings. The van der Waals surface area contributed by atoms with Crippen molar-refractivity contribution in [1.82, 2.24) is 4.90 Å². The predicted molar refractivity (Wildman–Crippen MR) is 76.8 cm³/mol. The average Bonchev–Trinajstić information content (AvgIpc) is 2.44. The summed E-state index contributed by atoms with van der Waals surface area (Å²) in [4.78, 5) is 6.00. The highest BCUT2D eigenvalue weighted by atomic mass is 35.5. The van der Waals surface area contributed by atoms with Gasteiger partial charge in [-0.25, -0.2) is 4.99 Å². The predicted octanol–water partition coefficient (Wildman–Crippen LogP) is 3.14. The van der Waals surface area contributed by atoms with Gasteiger partial charge in [0.2, 0.25) is 0 Å². The van der Waals surface area contributed by atoms with Gasteiger partial charge in [0.1, 0.15) is 0 Å². The summed E-state index contributed by atoms with van der Waals surface area (Å²) in [7, 11) is 1.79. The summed E-state index contributed by atoms with van der Waals surface area (Å²) in [6.45, 7) is 0. The Kier molecular flexibility index (Phi) is 2.81. The van der Waals surface area contributed by atoms with Gasteiger partial charge in [-0.2, -0.15) is 0 Å². The highest BCUT2D eigenvalue weighted by Gasteiger charge is 2.39. The fourth-order valence-corrected chi connectivity index (χ4v) is 2.52. The summed E-state index contributed by atoms with van der Waals surface area (Å²) in [6, 6.07) is 14.8. The number of hydrogen-bond donors (Lipinski definition) is 1. The van der Waals surface area contributed by atoms with Crippen LogP contribution in [0.5, 0.6) is 0 Å². The van der Waals surface area contributed by atoms with Crippen molar-refractivity contribution >= 4 is 23.6 Å². The van der Waals surface area contributed by atoms with Crippen LogP contribution in [0.3, 0.4) is 0 Å². The van der Waals surface area contributed by atoms with E-state index in [1.807, 2.05) is 36.4 Å². The molecular formula is C15H13ClN2O. The third-order valence-corrected chi connectivity index (χ3v) is 3.63. The van der Waals surface area contributed by atoms with E-state index in [0.29, 0.717) is 10.6 Å². The summed E-state index contributed by atoms with van der Waals surface area (Å²) in [5.74, 6) is 0. The van der Waals surface area contributed by atoms with Crippen molar-refractivity contribution in [2.24, 2.45) is 4.99 Å². The van der Waals surface area contributed by atoms with Gasteiger partial charge in [-0.05, 0) is 18.2 Å². The molecule has 0 fully saturated rings. The number of aliphatic hydroxyl groups is 1. The van der Waals surface area contributed by atoms with Crippen LogP contribution in [-0.4, -0.2) is 23.4 Å². The minimum Gasteiger partial charge on any atom is -0.363 e. The molecule has 2 aromatic rings. The van der Waals surface area contributed by atoms with E-state index in [2.05, 4.69) is 4.99 Å². The maximum Gasteiger partial charge on any atom is 0.194 e. The first-order valence-electron chi connectivity index (χ1n) is 5.97. The molecule has 4 heteroatoms. The summed E-state index contributed by atoms with van der Waals surface area (Å²) in [6.07, 6.45) is 1.63. The van der Waals surface area contributed by atoms with E-state index in [1.54, 1.807) is 30.4 Å². The molecule has 3 nitrogen and oxygen atoms in total. The van der Waals surface area contributed by atoms with Gasteiger partial charge in [-0.3, -0.25) is 0 Å². The van der Waals surface area contributed by atoms with Crippen LogP contribution in [0.4, 0.5) is 5.69 Å². The summed E-state index contributed by atoms with van der Waals surface area (Å²) >= 11 is 6.06. The van der Waals surface area contributed by atoms with Crippen LogP contribution in [0.1, 0.15) is 11.1 Å². The number of aliphatic imine (C=N–C) groups is 1. The fraction of sp³-hybridized carbons (Fsp3) is 0.133. The zero-order chi connectivity index (χ0) is 13.5. The maximum absolute atomic E-state index is 11.2. The lowest BCUT2D eigenvalue weighted by Gasteiger charge is -2.39. The lowest BCUT2D eigenvalue weighted by molar-refractivity contribution is -0.0229. The van der Waals surface area contributed by atoms with Gasteiger partial charge >= 0.3 is 0 Å². The monoisotopic (exact) mass is 272 g/mol. The van der Waals surface area contributed by atoms with Crippen molar-refractivity contribution in [2.75, 3.05) is 7.05 Å². The summed E-state index contributed by atoms with van der Waals surface area (Å²) in [5.41, 5.74) is 0.959. The Morgan fingerprint density at radius 1 is 1.16 bits per heavy atom. The van der Waals surface area contributed by atoms with Gasteiger partial charge < -0.3 is 10.0 Å². The Morgan fingerprint density at radius 3 is 2.63 bits per heavy atom. The molecule has 0 aromatic heterocycles. The molecule has 0 spiro atoms. The van der Waals surface area contributed by atoms with Crippen LogP contribution < -0.4 is 0 Å². The lowest BCUT2D eigenvalue weighted by Crippen LogP contribution is -2.45. The molecule has 0 radical (unpaired) electrons. The molecule has 0 saturated carbocycles. The number of nitrogens with zero attached hydrogens (tertiary/aromatic N) is 2. The van der Waals surface area contributed by atoms with Crippen LogP contribution in [0.2, 0.25) is 5.02 Å². The zero-order valence-electron chi connectivity index (χ0n) is 10.4. The molecule has 1 N–H and O–H groups in total. The van der Waals surface area contributed by atoms with Crippen molar-refractivity contribution in [3.63, 3.8) is 0 Å². The van der Waals surface area contributed by atoms with E-state index >= 15 is 0 Å². The van der Waals surface area contributed by atoms with Crippen molar-refractivity contribution in [2.45, 2.75) is 5.72 Å². The van der Waals surface area contributed by atoms with Crippen LogP contribution in [0.15, 0.2) is 53.5 Å². The molecule has 0 aliphatic carbocycles. The quantitative estimate of drug-likeness (QED) is 0.866. The van der Waals surface area contributed by atoms with E-state index in [-0.39, 0.29) is 0 Å². The number of rotatable bonds is 1. The molecule has 96 valence electrons. The molecule has 19 heavy (non-hydrogen) atoms. The van der Waals surface area contributed by atoms with Crippen molar-refractivity contribution < 1.29 is 5.11 Å². The molecular weight excluding hydrogens is 260 g/mol. The van der Waals surface area contributed by atoms with Gasteiger partial charge in [0.15, 0.2) is 5.72 Å². The largest absolute Gasteiger partial charge is 0.363 e. The molecule has 1 unspecified atom stereocenters. The standard InChI is InChI=1S/C15H13ClN2O/c1-18-10-17-14-8-7-12(16)9-13(14)15(18,19)11-5-3-2-4-6-11/h2-10,19H,1H3. The van der Waals surface area contributed by atoms with Crippen molar-refractivity contribution in [3.8, 4) is 0 Å². The number of halogens is 1. The SMILES string of the molecule is CN1C=Nc2ccc(Cl)cc2C1(O)c1ccccc1. The van der Waals surface area contributed by atoms with Crippen LogP contribution in [0.25, 0.3) is 0 Å². The molecule has 1 atom stereocenters. The Morgan fingerprint density at radius 2 is 1.89 bits per heavy atom. The molecule has 1 aliphatic heterocycles. The normalized spacial score (nSPS) is 21.3.